The number of hydrogen-bond donors (Lipinski definition) is 1. The van der Waals surface area contributed by atoms with E-state index in [1.165, 1.54) is 0 Å². The van der Waals surface area contributed by atoms with Crippen LogP contribution in [0.2, 0.25) is 5.15 Å². The van der Waals surface area contributed by atoms with Crippen molar-refractivity contribution in [3.05, 3.63) is 16.8 Å². The highest BCUT2D eigenvalue weighted by atomic mass is 35.5. The van der Waals surface area contributed by atoms with Crippen molar-refractivity contribution in [3.8, 4) is 11.8 Å². The molecule has 1 aliphatic rings. The van der Waals surface area contributed by atoms with E-state index >= 15 is 0 Å². The molecule has 1 amide bonds. The van der Waals surface area contributed by atoms with Crippen LogP contribution in [0.4, 0.5) is 10.6 Å². The fraction of sp³-hybridized carbons (Fsp3) is 0.562. The first-order valence-corrected chi connectivity index (χ1v) is 7.76. The topological polar surface area (TPSA) is 81.3 Å². The molecule has 23 heavy (non-hydrogen) atoms. The van der Waals surface area contributed by atoms with Gasteiger partial charge in [0, 0.05) is 18.5 Å². The van der Waals surface area contributed by atoms with Crippen LogP contribution in [-0.2, 0) is 4.74 Å². The minimum absolute atomic E-state index is 0.243. The monoisotopic (exact) mass is 336 g/mol. The van der Waals surface area contributed by atoms with E-state index in [1.807, 2.05) is 27.7 Å². The van der Waals surface area contributed by atoms with Gasteiger partial charge in [0.25, 0.3) is 0 Å². The zero-order valence-corrected chi connectivity index (χ0v) is 14.6. The number of hydrogen-bond acceptors (Lipinski definition) is 5. The molecule has 124 valence electrons. The molecule has 0 radical (unpaired) electrons. The van der Waals surface area contributed by atoms with Gasteiger partial charge in [0.2, 0.25) is 0 Å². The molecule has 0 bridgehead atoms. The van der Waals surface area contributed by atoms with Gasteiger partial charge in [0.1, 0.15) is 5.60 Å². The molecular weight excluding hydrogens is 316 g/mol. The average molecular weight is 337 g/mol. The lowest BCUT2D eigenvalue weighted by atomic mass is 9.90. The number of amides is 1. The third-order valence-electron chi connectivity index (χ3n) is 3.42. The van der Waals surface area contributed by atoms with Crippen LogP contribution < -0.4 is 5.73 Å². The number of rotatable bonds is 0. The van der Waals surface area contributed by atoms with Crippen molar-refractivity contribution in [1.29, 1.82) is 0 Å². The van der Waals surface area contributed by atoms with Crippen molar-refractivity contribution in [3.63, 3.8) is 0 Å². The van der Waals surface area contributed by atoms with Gasteiger partial charge in [0.05, 0.1) is 5.56 Å². The van der Waals surface area contributed by atoms with Gasteiger partial charge in [0.15, 0.2) is 11.0 Å². The molecule has 1 unspecified atom stereocenters. The molecule has 1 aromatic rings. The Bertz CT molecular complexity index is 675. The predicted octanol–water partition coefficient (Wildman–Crippen LogP) is 2.71. The van der Waals surface area contributed by atoms with E-state index in [2.05, 4.69) is 22.0 Å². The van der Waals surface area contributed by atoms with Crippen LogP contribution in [0.25, 0.3) is 0 Å². The first-order chi connectivity index (χ1) is 10.6. The van der Waals surface area contributed by atoms with E-state index in [1.54, 1.807) is 11.0 Å². The van der Waals surface area contributed by atoms with Crippen molar-refractivity contribution in [1.82, 2.24) is 15.1 Å². The van der Waals surface area contributed by atoms with Gasteiger partial charge in [-0.3, -0.25) is 0 Å². The SMILES string of the molecule is CC1(C#Cc2cc(Cl)nnc2N)CCN(C(=O)OC(C)(C)C)C1. The summed E-state index contributed by atoms with van der Waals surface area (Å²) < 4.78 is 5.40. The first-order valence-electron chi connectivity index (χ1n) is 7.38. The molecule has 0 aliphatic carbocycles. The van der Waals surface area contributed by atoms with Gasteiger partial charge >= 0.3 is 6.09 Å². The van der Waals surface area contributed by atoms with Crippen LogP contribution in [-0.4, -0.2) is 39.9 Å². The second-order valence-electron chi connectivity index (χ2n) is 6.93. The molecule has 0 spiro atoms. The maximum Gasteiger partial charge on any atom is 0.410 e. The van der Waals surface area contributed by atoms with E-state index in [9.17, 15) is 4.79 Å². The van der Waals surface area contributed by atoms with Gasteiger partial charge < -0.3 is 15.4 Å². The molecule has 7 heteroatoms. The fourth-order valence-electron chi connectivity index (χ4n) is 2.24. The molecule has 1 aliphatic heterocycles. The van der Waals surface area contributed by atoms with Gasteiger partial charge in [-0.25, -0.2) is 4.79 Å². The number of likely N-dealkylation sites (tertiary alicyclic amines) is 1. The number of nitrogens with two attached hydrogens (primary N) is 1. The summed E-state index contributed by atoms with van der Waals surface area (Å²) in [7, 11) is 0. The van der Waals surface area contributed by atoms with Gasteiger partial charge in [-0.05, 0) is 40.2 Å². The maximum atomic E-state index is 12.1. The number of carbonyl (C=O) groups is 1. The molecule has 0 aromatic carbocycles. The number of anilines is 1. The summed E-state index contributed by atoms with van der Waals surface area (Å²) in [6.45, 7) is 8.69. The lowest BCUT2D eigenvalue weighted by Crippen LogP contribution is -2.36. The molecule has 2 N–H and O–H groups in total. The lowest BCUT2D eigenvalue weighted by molar-refractivity contribution is 0.0283. The third-order valence-corrected chi connectivity index (χ3v) is 3.60. The van der Waals surface area contributed by atoms with E-state index in [-0.39, 0.29) is 22.5 Å². The number of halogens is 1. The molecule has 0 saturated carbocycles. The summed E-state index contributed by atoms with van der Waals surface area (Å²) in [5, 5.41) is 7.64. The molecule has 1 atom stereocenters. The molecule has 2 rings (SSSR count). The highest BCUT2D eigenvalue weighted by molar-refractivity contribution is 6.29. The lowest BCUT2D eigenvalue weighted by Gasteiger charge is -2.25. The number of ether oxygens (including phenoxy) is 1. The number of nitrogens with zero attached hydrogens (tertiary/aromatic N) is 3. The summed E-state index contributed by atoms with van der Waals surface area (Å²) in [4.78, 5) is 13.8. The Kier molecular flexibility index (Phi) is 4.71. The predicted molar refractivity (Wildman–Crippen MR) is 88.9 cm³/mol. The summed E-state index contributed by atoms with van der Waals surface area (Å²) in [5.74, 6) is 6.43. The summed E-state index contributed by atoms with van der Waals surface area (Å²) in [5.41, 5.74) is 5.46. The maximum absolute atomic E-state index is 12.1. The number of nitrogen functional groups attached to an aromatic ring is 1. The minimum atomic E-state index is -0.504. The summed E-state index contributed by atoms with van der Waals surface area (Å²) >= 11 is 5.81. The molecule has 1 aromatic heterocycles. The second-order valence-corrected chi connectivity index (χ2v) is 7.32. The van der Waals surface area contributed by atoms with E-state index in [0.717, 1.165) is 6.42 Å². The van der Waals surface area contributed by atoms with Crippen molar-refractivity contribution < 1.29 is 9.53 Å². The van der Waals surface area contributed by atoms with E-state index < -0.39 is 5.60 Å². The molecule has 1 fully saturated rings. The van der Waals surface area contributed by atoms with Crippen LogP contribution in [0.5, 0.6) is 0 Å². The number of carbonyl (C=O) groups excluding carboxylic acids is 1. The average Bonchev–Trinajstić information content (AvgIpc) is 2.81. The first kappa shape index (κ1) is 17.4. The van der Waals surface area contributed by atoms with Crippen molar-refractivity contribution in [2.24, 2.45) is 5.41 Å². The smallest absolute Gasteiger partial charge is 0.410 e. The zero-order chi connectivity index (χ0) is 17.3. The Morgan fingerprint density at radius 2 is 2.17 bits per heavy atom. The van der Waals surface area contributed by atoms with Gasteiger partial charge in [-0.15, -0.1) is 10.2 Å². The summed E-state index contributed by atoms with van der Waals surface area (Å²) in [6, 6.07) is 1.58. The second kappa shape index (κ2) is 6.25. The Morgan fingerprint density at radius 3 is 2.83 bits per heavy atom. The Hall–Kier alpha value is -2.00. The molecule has 6 nitrogen and oxygen atoms in total. The van der Waals surface area contributed by atoms with Crippen LogP contribution in [0, 0.1) is 17.3 Å². The third kappa shape index (κ3) is 4.73. The zero-order valence-electron chi connectivity index (χ0n) is 13.8. The van der Waals surface area contributed by atoms with Gasteiger partial charge in [-0.1, -0.05) is 23.4 Å². The standard InChI is InChI=1S/C16H21ClN4O2/c1-15(2,3)23-14(22)21-8-7-16(4,10-21)6-5-11-9-12(17)19-20-13(11)18/h9H,7-8,10H2,1-4H3,(H2,18,20). The van der Waals surface area contributed by atoms with Gasteiger partial charge in [-0.2, -0.15) is 0 Å². The Balaban J connectivity index is 2.09. The quantitative estimate of drug-likeness (QED) is 0.737. The van der Waals surface area contributed by atoms with Crippen LogP contribution in [0.1, 0.15) is 39.7 Å². The molecule has 2 heterocycles. The van der Waals surface area contributed by atoms with Crippen molar-refractivity contribution in [2.45, 2.75) is 39.7 Å². The molecule has 1 saturated heterocycles. The van der Waals surface area contributed by atoms with Crippen molar-refractivity contribution in [2.75, 3.05) is 18.8 Å². The van der Waals surface area contributed by atoms with Crippen LogP contribution in [0.15, 0.2) is 6.07 Å². The highest BCUT2D eigenvalue weighted by Gasteiger charge is 2.36. The number of aromatic nitrogens is 2. The summed E-state index contributed by atoms with van der Waals surface area (Å²) in [6.07, 6.45) is 0.460. The van der Waals surface area contributed by atoms with Crippen LogP contribution >= 0.6 is 11.6 Å². The normalized spacial score (nSPS) is 20.8. The largest absolute Gasteiger partial charge is 0.444 e. The van der Waals surface area contributed by atoms with Crippen LogP contribution in [0.3, 0.4) is 0 Å². The van der Waals surface area contributed by atoms with E-state index in [0.29, 0.717) is 18.7 Å². The Morgan fingerprint density at radius 1 is 1.48 bits per heavy atom. The molecular formula is C16H21ClN4O2. The highest BCUT2D eigenvalue weighted by Crippen LogP contribution is 2.30. The fourth-order valence-corrected chi connectivity index (χ4v) is 2.39. The van der Waals surface area contributed by atoms with E-state index in [4.69, 9.17) is 22.1 Å². The Labute approximate surface area is 141 Å². The minimum Gasteiger partial charge on any atom is -0.444 e. The van der Waals surface area contributed by atoms with Crippen molar-refractivity contribution >= 4 is 23.5 Å².